The van der Waals surface area contributed by atoms with Crippen molar-refractivity contribution in [3.63, 3.8) is 0 Å². The topological polar surface area (TPSA) is 41.1 Å². The van der Waals surface area contributed by atoms with Gasteiger partial charge in [-0.25, -0.2) is 9.97 Å². The van der Waals surface area contributed by atoms with Gasteiger partial charge in [0.15, 0.2) is 0 Å². The molecule has 0 aromatic carbocycles. The molecule has 1 aromatic rings. The fourth-order valence-electron chi connectivity index (χ4n) is 2.89. The van der Waals surface area contributed by atoms with E-state index >= 15 is 0 Å². The van der Waals surface area contributed by atoms with Crippen molar-refractivity contribution in [3.8, 4) is 0 Å². The van der Waals surface area contributed by atoms with Gasteiger partial charge < -0.3 is 10.2 Å². The van der Waals surface area contributed by atoms with Crippen LogP contribution in [0.2, 0.25) is 0 Å². The Morgan fingerprint density at radius 2 is 1.95 bits per heavy atom. The van der Waals surface area contributed by atoms with Crippen LogP contribution in [0.3, 0.4) is 0 Å². The van der Waals surface area contributed by atoms with E-state index in [0.717, 1.165) is 36.3 Å². The molecule has 21 heavy (non-hydrogen) atoms. The standard InChI is InChI=1S/C17H28N4/c1-5-10-18-15-11(2)17(20-16(19-15)14-8-9-14)21(4)12(3)13-6-7-13/h12-14H,5-10H2,1-4H3,(H,18,19,20). The lowest BCUT2D eigenvalue weighted by atomic mass is 10.1. The highest BCUT2D eigenvalue weighted by Gasteiger charge is 2.33. The molecule has 0 amide bonds. The molecule has 0 bridgehead atoms. The summed E-state index contributed by atoms with van der Waals surface area (Å²) < 4.78 is 0. The molecule has 0 spiro atoms. The Morgan fingerprint density at radius 3 is 2.52 bits per heavy atom. The molecule has 2 fully saturated rings. The van der Waals surface area contributed by atoms with Crippen LogP contribution in [0, 0.1) is 12.8 Å². The second-order valence-electron chi connectivity index (χ2n) is 6.77. The van der Waals surface area contributed by atoms with Gasteiger partial charge in [0.25, 0.3) is 0 Å². The summed E-state index contributed by atoms with van der Waals surface area (Å²) in [5.41, 5.74) is 1.20. The van der Waals surface area contributed by atoms with Gasteiger partial charge in [-0.05, 0) is 51.9 Å². The Balaban J connectivity index is 1.90. The van der Waals surface area contributed by atoms with Crippen LogP contribution in [0.4, 0.5) is 11.6 Å². The van der Waals surface area contributed by atoms with Crippen molar-refractivity contribution in [2.45, 2.75) is 64.8 Å². The fraction of sp³-hybridized carbons (Fsp3) is 0.765. The average molecular weight is 288 g/mol. The fourth-order valence-corrected chi connectivity index (χ4v) is 2.89. The van der Waals surface area contributed by atoms with Crippen LogP contribution in [0.5, 0.6) is 0 Å². The highest BCUT2D eigenvalue weighted by molar-refractivity contribution is 5.59. The van der Waals surface area contributed by atoms with Gasteiger partial charge in [0.2, 0.25) is 0 Å². The molecule has 116 valence electrons. The summed E-state index contributed by atoms with van der Waals surface area (Å²) in [5.74, 6) is 4.66. The van der Waals surface area contributed by atoms with Crippen molar-refractivity contribution < 1.29 is 0 Å². The molecule has 2 saturated carbocycles. The Hall–Kier alpha value is -1.32. The van der Waals surface area contributed by atoms with E-state index in [1.54, 1.807) is 0 Å². The van der Waals surface area contributed by atoms with Crippen LogP contribution in [-0.4, -0.2) is 29.6 Å². The van der Waals surface area contributed by atoms with Gasteiger partial charge in [-0.15, -0.1) is 0 Å². The predicted octanol–water partition coefficient (Wildman–Crippen LogP) is 3.72. The molecule has 4 heteroatoms. The monoisotopic (exact) mass is 288 g/mol. The zero-order chi connectivity index (χ0) is 15.0. The third-order valence-electron chi connectivity index (χ3n) is 4.87. The van der Waals surface area contributed by atoms with Gasteiger partial charge >= 0.3 is 0 Å². The molecular formula is C17H28N4. The van der Waals surface area contributed by atoms with Crippen LogP contribution >= 0.6 is 0 Å². The first-order chi connectivity index (χ1) is 10.1. The first-order valence-electron chi connectivity index (χ1n) is 8.47. The highest BCUT2D eigenvalue weighted by Crippen LogP contribution is 2.41. The van der Waals surface area contributed by atoms with Crippen molar-refractivity contribution in [3.05, 3.63) is 11.4 Å². The number of anilines is 2. The predicted molar refractivity (Wildman–Crippen MR) is 88.1 cm³/mol. The van der Waals surface area contributed by atoms with Crippen molar-refractivity contribution in [1.82, 2.24) is 9.97 Å². The van der Waals surface area contributed by atoms with Crippen molar-refractivity contribution in [2.75, 3.05) is 23.8 Å². The van der Waals surface area contributed by atoms with E-state index in [1.165, 1.54) is 31.2 Å². The molecule has 1 N–H and O–H groups in total. The minimum Gasteiger partial charge on any atom is -0.370 e. The van der Waals surface area contributed by atoms with Gasteiger partial charge in [0.05, 0.1) is 0 Å². The number of hydrogen-bond acceptors (Lipinski definition) is 4. The largest absolute Gasteiger partial charge is 0.370 e. The van der Waals surface area contributed by atoms with E-state index in [0.29, 0.717) is 12.0 Å². The first-order valence-corrected chi connectivity index (χ1v) is 8.47. The summed E-state index contributed by atoms with van der Waals surface area (Å²) >= 11 is 0. The van der Waals surface area contributed by atoms with E-state index in [-0.39, 0.29) is 0 Å². The van der Waals surface area contributed by atoms with Crippen LogP contribution in [-0.2, 0) is 0 Å². The van der Waals surface area contributed by atoms with E-state index in [2.05, 4.69) is 38.0 Å². The normalized spacial score (nSPS) is 19.4. The van der Waals surface area contributed by atoms with E-state index in [4.69, 9.17) is 9.97 Å². The minimum atomic E-state index is 0.574. The van der Waals surface area contributed by atoms with Gasteiger partial charge in [-0.3, -0.25) is 0 Å². The van der Waals surface area contributed by atoms with E-state index in [9.17, 15) is 0 Å². The van der Waals surface area contributed by atoms with Crippen LogP contribution < -0.4 is 10.2 Å². The summed E-state index contributed by atoms with van der Waals surface area (Å²) in [5, 5.41) is 3.49. The lowest BCUT2D eigenvalue weighted by Crippen LogP contribution is -2.32. The molecule has 2 aliphatic carbocycles. The summed E-state index contributed by atoms with van der Waals surface area (Å²) in [6.45, 7) is 7.64. The third-order valence-corrected chi connectivity index (χ3v) is 4.87. The third kappa shape index (κ3) is 3.14. The molecule has 2 aliphatic rings. The Morgan fingerprint density at radius 1 is 1.24 bits per heavy atom. The van der Waals surface area contributed by atoms with E-state index in [1.807, 2.05) is 0 Å². The Bertz CT molecular complexity index is 506. The second kappa shape index (κ2) is 5.82. The quantitative estimate of drug-likeness (QED) is 0.830. The van der Waals surface area contributed by atoms with Gasteiger partial charge in [0, 0.05) is 31.1 Å². The summed E-state index contributed by atoms with van der Waals surface area (Å²) in [6, 6.07) is 0.574. The van der Waals surface area contributed by atoms with Crippen LogP contribution in [0.1, 0.15) is 63.3 Å². The van der Waals surface area contributed by atoms with Crippen LogP contribution in [0.25, 0.3) is 0 Å². The molecule has 0 aliphatic heterocycles. The van der Waals surface area contributed by atoms with Crippen molar-refractivity contribution in [1.29, 1.82) is 0 Å². The van der Waals surface area contributed by atoms with Gasteiger partial charge in [-0.1, -0.05) is 6.92 Å². The van der Waals surface area contributed by atoms with Crippen LogP contribution in [0.15, 0.2) is 0 Å². The molecule has 0 radical (unpaired) electrons. The zero-order valence-corrected chi connectivity index (χ0v) is 13.8. The Labute approximate surface area is 128 Å². The zero-order valence-electron chi connectivity index (χ0n) is 13.8. The van der Waals surface area contributed by atoms with E-state index < -0.39 is 0 Å². The molecule has 0 saturated heterocycles. The number of nitrogens with zero attached hydrogens (tertiary/aromatic N) is 3. The average Bonchev–Trinajstić information content (AvgIpc) is 3.36. The molecule has 4 nitrogen and oxygen atoms in total. The second-order valence-corrected chi connectivity index (χ2v) is 6.77. The molecule has 1 unspecified atom stereocenters. The highest BCUT2D eigenvalue weighted by atomic mass is 15.2. The summed E-state index contributed by atoms with van der Waals surface area (Å²) in [6.07, 6.45) is 6.35. The van der Waals surface area contributed by atoms with Crippen molar-refractivity contribution in [2.24, 2.45) is 5.92 Å². The summed E-state index contributed by atoms with van der Waals surface area (Å²) in [4.78, 5) is 12.1. The molecule has 1 heterocycles. The number of aromatic nitrogens is 2. The lowest BCUT2D eigenvalue weighted by molar-refractivity contribution is 0.600. The van der Waals surface area contributed by atoms with Gasteiger partial charge in [0.1, 0.15) is 17.5 Å². The van der Waals surface area contributed by atoms with Gasteiger partial charge in [-0.2, -0.15) is 0 Å². The SMILES string of the molecule is CCCNc1nc(C2CC2)nc(N(C)C(C)C2CC2)c1C. The van der Waals surface area contributed by atoms with Crippen molar-refractivity contribution >= 4 is 11.6 Å². The lowest BCUT2D eigenvalue weighted by Gasteiger charge is -2.28. The molecular weight excluding hydrogens is 260 g/mol. The minimum absolute atomic E-state index is 0.574. The first kappa shape index (κ1) is 14.6. The summed E-state index contributed by atoms with van der Waals surface area (Å²) in [7, 11) is 2.19. The molecule has 1 aromatic heterocycles. The maximum atomic E-state index is 4.91. The maximum Gasteiger partial charge on any atom is 0.137 e. The number of rotatable bonds is 7. The Kier molecular flexibility index (Phi) is 4.05. The molecule has 1 atom stereocenters. The smallest absolute Gasteiger partial charge is 0.137 e. The number of hydrogen-bond donors (Lipinski definition) is 1. The number of nitrogens with one attached hydrogen (secondary N) is 1. The maximum absolute atomic E-state index is 4.91. The molecule has 3 rings (SSSR count).